The average molecular weight is 432 g/mol. The molecule has 164 valence electrons. The lowest BCUT2D eigenvalue weighted by Gasteiger charge is -2.38. The maximum atomic E-state index is 13.3. The van der Waals surface area contributed by atoms with Crippen molar-refractivity contribution in [1.29, 1.82) is 0 Å². The Labute approximate surface area is 185 Å². The van der Waals surface area contributed by atoms with Crippen molar-refractivity contribution < 1.29 is 9.53 Å². The fourth-order valence-electron chi connectivity index (χ4n) is 4.40. The van der Waals surface area contributed by atoms with Gasteiger partial charge in [0.25, 0.3) is 5.91 Å². The van der Waals surface area contributed by atoms with Gasteiger partial charge in [0.1, 0.15) is 11.5 Å². The molecule has 0 spiro atoms. The molecule has 9 nitrogen and oxygen atoms in total. The number of rotatable bonds is 4. The molecule has 4 heterocycles. The maximum Gasteiger partial charge on any atom is 0.316 e. The van der Waals surface area contributed by atoms with Crippen LogP contribution in [0.25, 0.3) is 16.6 Å². The first-order valence-corrected chi connectivity index (χ1v) is 10.6. The van der Waals surface area contributed by atoms with Crippen molar-refractivity contribution in [3.8, 4) is 6.01 Å². The molecule has 1 aromatic carbocycles. The lowest BCUT2D eigenvalue weighted by Crippen LogP contribution is -2.54. The summed E-state index contributed by atoms with van der Waals surface area (Å²) in [6.07, 6.45) is 5.24. The molecular formula is C23H25N7O2. The molecule has 1 saturated heterocycles. The highest BCUT2D eigenvalue weighted by atomic mass is 16.5. The number of amides is 1. The molecule has 32 heavy (non-hydrogen) atoms. The molecule has 3 aromatic heterocycles. The molecular weight excluding hydrogens is 406 g/mol. The Bertz CT molecular complexity index is 1290. The minimum absolute atomic E-state index is 0.224. The van der Waals surface area contributed by atoms with Crippen LogP contribution in [-0.4, -0.2) is 57.5 Å². The summed E-state index contributed by atoms with van der Waals surface area (Å²) in [4.78, 5) is 28.8. The highest BCUT2D eigenvalue weighted by molar-refractivity contribution is 6.13. The minimum Gasteiger partial charge on any atom is -0.467 e. The molecule has 5 rings (SSSR count). The highest BCUT2D eigenvalue weighted by Crippen LogP contribution is 2.31. The van der Waals surface area contributed by atoms with Crippen LogP contribution in [0.2, 0.25) is 0 Å². The van der Waals surface area contributed by atoms with Gasteiger partial charge in [0.15, 0.2) is 0 Å². The summed E-state index contributed by atoms with van der Waals surface area (Å²) >= 11 is 0. The summed E-state index contributed by atoms with van der Waals surface area (Å²) in [5.41, 5.74) is 2.78. The number of methoxy groups -OCH3 is 1. The second kappa shape index (κ2) is 8.08. The van der Waals surface area contributed by atoms with E-state index in [1.54, 1.807) is 12.4 Å². The molecule has 1 fully saturated rings. The Morgan fingerprint density at radius 3 is 2.75 bits per heavy atom. The molecule has 9 heteroatoms. The van der Waals surface area contributed by atoms with Crippen LogP contribution in [0.15, 0.2) is 48.9 Å². The standard InChI is InChI=1S/C23H25N7O2/c1-14-12-29(13-15(2)26-14)18-8-7-16(21-17(18)11-25-23(28-21)32-3)22(31)27-20-6-4-5-19-24-9-10-30(19)20/h4-11,14-15,26H,12-13H2,1-3H3,(H,27,31)/t14-,15-/m0/s1. The second-order valence-electron chi connectivity index (χ2n) is 8.15. The number of carbonyl (C=O) groups excluding carboxylic acids is 1. The second-order valence-corrected chi connectivity index (χ2v) is 8.15. The van der Waals surface area contributed by atoms with Crippen molar-refractivity contribution in [2.24, 2.45) is 0 Å². The molecule has 0 radical (unpaired) electrons. The number of imidazole rings is 1. The summed E-state index contributed by atoms with van der Waals surface area (Å²) < 4.78 is 7.08. The Kier molecular flexibility index (Phi) is 5.10. The van der Waals surface area contributed by atoms with Crippen LogP contribution < -0.4 is 20.3 Å². The minimum atomic E-state index is -0.259. The lowest BCUT2D eigenvalue weighted by molar-refractivity contribution is 0.102. The molecule has 1 amide bonds. The first-order valence-electron chi connectivity index (χ1n) is 10.6. The number of benzene rings is 1. The number of piperazine rings is 1. The number of ether oxygens (including phenoxy) is 1. The van der Waals surface area contributed by atoms with E-state index < -0.39 is 0 Å². The highest BCUT2D eigenvalue weighted by Gasteiger charge is 2.24. The third-order valence-electron chi connectivity index (χ3n) is 5.70. The fraction of sp³-hybridized carbons (Fsp3) is 0.304. The third-order valence-corrected chi connectivity index (χ3v) is 5.70. The molecule has 2 N–H and O–H groups in total. The number of nitrogens with zero attached hydrogens (tertiary/aromatic N) is 5. The maximum absolute atomic E-state index is 13.3. The van der Waals surface area contributed by atoms with Gasteiger partial charge in [-0.1, -0.05) is 6.07 Å². The zero-order chi connectivity index (χ0) is 22.2. The summed E-state index contributed by atoms with van der Waals surface area (Å²) in [5.74, 6) is 0.374. The van der Waals surface area contributed by atoms with Crippen LogP contribution in [-0.2, 0) is 0 Å². The predicted octanol–water partition coefficient (Wildman–Crippen LogP) is 2.73. The van der Waals surface area contributed by atoms with Crippen molar-refractivity contribution in [3.63, 3.8) is 0 Å². The molecule has 0 bridgehead atoms. The van der Waals surface area contributed by atoms with Gasteiger partial charge in [0.2, 0.25) is 0 Å². The Morgan fingerprint density at radius 2 is 1.97 bits per heavy atom. The van der Waals surface area contributed by atoms with Crippen LogP contribution in [0.1, 0.15) is 24.2 Å². The van der Waals surface area contributed by atoms with Crippen LogP contribution in [0, 0.1) is 0 Å². The number of pyridine rings is 1. The first kappa shape index (κ1) is 20.2. The van der Waals surface area contributed by atoms with Crippen LogP contribution in [0.4, 0.5) is 11.5 Å². The predicted molar refractivity (Wildman–Crippen MR) is 124 cm³/mol. The summed E-state index contributed by atoms with van der Waals surface area (Å²) in [5, 5.41) is 7.36. The lowest BCUT2D eigenvalue weighted by atomic mass is 10.0. The summed E-state index contributed by atoms with van der Waals surface area (Å²) in [6.45, 7) is 6.06. The number of aromatic nitrogens is 4. The van der Waals surface area contributed by atoms with Crippen LogP contribution >= 0.6 is 0 Å². The Hall–Kier alpha value is -3.72. The van der Waals surface area contributed by atoms with Crippen LogP contribution in [0.3, 0.4) is 0 Å². The number of anilines is 2. The normalized spacial score (nSPS) is 18.8. The van der Waals surface area contributed by atoms with Gasteiger partial charge in [0.05, 0.1) is 18.2 Å². The van der Waals surface area contributed by atoms with E-state index in [9.17, 15) is 4.79 Å². The van der Waals surface area contributed by atoms with E-state index in [0.29, 0.717) is 29.0 Å². The molecule has 0 aliphatic carbocycles. The van der Waals surface area contributed by atoms with Crippen molar-refractivity contribution in [1.82, 2.24) is 24.7 Å². The van der Waals surface area contributed by atoms with Gasteiger partial charge in [-0.2, -0.15) is 4.98 Å². The van der Waals surface area contributed by atoms with Crippen molar-refractivity contribution >= 4 is 34.0 Å². The van der Waals surface area contributed by atoms with Gasteiger partial charge in [-0.05, 0) is 38.1 Å². The van der Waals surface area contributed by atoms with Crippen molar-refractivity contribution in [2.45, 2.75) is 25.9 Å². The topological polar surface area (TPSA) is 96.7 Å². The van der Waals surface area contributed by atoms with E-state index in [1.807, 2.05) is 40.9 Å². The summed E-state index contributed by atoms with van der Waals surface area (Å²) in [7, 11) is 1.52. The number of fused-ring (bicyclic) bond motifs is 2. The largest absolute Gasteiger partial charge is 0.467 e. The van der Waals surface area contributed by atoms with Crippen molar-refractivity contribution in [2.75, 3.05) is 30.4 Å². The van der Waals surface area contributed by atoms with E-state index in [-0.39, 0.29) is 11.9 Å². The fourth-order valence-corrected chi connectivity index (χ4v) is 4.40. The SMILES string of the molecule is COc1ncc2c(N3C[C@H](C)N[C@@H](C)C3)ccc(C(=O)Nc3cccc4nccn34)c2n1. The van der Waals surface area contributed by atoms with Gasteiger partial charge < -0.3 is 20.3 Å². The van der Waals surface area contributed by atoms with Gasteiger partial charge in [-0.25, -0.2) is 9.97 Å². The van der Waals surface area contributed by atoms with E-state index in [2.05, 4.69) is 44.3 Å². The number of hydrogen-bond donors (Lipinski definition) is 2. The van der Waals surface area contributed by atoms with E-state index >= 15 is 0 Å². The van der Waals surface area contributed by atoms with Gasteiger partial charge >= 0.3 is 6.01 Å². The third kappa shape index (κ3) is 3.60. The van der Waals surface area contributed by atoms with E-state index in [4.69, 9.17) is 4.74 Å². The smallest absolute Gasteiger partial charge is 0.316 e. The van der Waals surface area contributed by atoms with E-state index in [0.717, 1.165) is 29.8 Å². The molecule has 1 aliphatic rings. The Balaban J connectivity index is 1.57. The van der Waals surface area contributed by atoms with Crippen molar-refractivity contribution in [3.05, 3.63) is 54.5 Å². The number of carbonyl (C=O) groups is 1. The zero-order valence-corrected chi connectivity index (χ0v) is 18.2. The van der Waals surface area contributed by atoms with Gasteiger partial charge in [-0.15, -0.1) is 0 Å². The number of nitrogens with one attached hydrogen (secondary N) is 2. The molecule has 0 saturated carbocycles. The van der Waals surface area contributed by atoms with E-state index in [1.165, 1.54) is 7.11 Å². The van der Waals surface area contributed by atoms with Gasteiger partial charge in [-0.3, -0.25) is 9.20 Å². The molecule has 0 unspecified atom stereocenters. The average Bonchev–Trinajstić information content (AvgIpc) is 3.27. The quantitative estimate of drug-likeness (QED) is 0.513. The first-order chi connectivity index (χ1) is 15.5. The molecule has 1 aliphatic heterocycles. The summed E-state index contributed by atoms with van der Waals surface area (Å²) in [6, 6.07) is 10.3. The zero-order valence-electron chi connectivity index (χ0n) is 18.2. The van der Waals surface area contributed by atoms with Gasteiger partial charge in [0, 0.05) is 54.8 Å². The monoisotopic (exact) mass is 431 g/mol. The Morgan fingerprint density at radius 1 is 1.16 bits per heavy atom. The van der Waals surface area contributed by atoms with Crippen LogP contribution in [0.5, 0.6) is 6.01 Å². The molecule has 4 aromatic rings. The molecule has 2 atom stereocenters. The number of hydrogen-bond acceptors (Lipinski definition) is 7.